The Bertz CT molecular complexity index is 1130. The van der Waals surface area contributed by atoms with Gasteiger partial charge in [0.1, 0.15) is 13.2 Å². The van der Waals surface area contributed by atoms with Crippen LogP contribution in [0, 0.1) is 0 Å². The summed E-state index contributed by atoms with van der Waals surface area (Å²) in [5.74, 6) is -0.877. The molecule has 0 aliphatic carbocycles. The molecule has 0 aromatic carbocycles. The Morgan fingerprint density at radius 3 is 0.925 bits per heavy atom. The summed E-state index contributed by atoms with van der Waals surface area (Å²) < 4.78 is 16.8. The van der Waals surface area contributed by atoms with E-state index in [0.717, 1.165) is 83.5 Å². The molecule has 1 atom stereocenters. The lowest BCUT2D eigenvalue weighted by Crippen LogP contribution is -2.30. The normalized spacial score (nSPS) is 12.2. The smallest absolute Gasteiger partial charge is 0.306 e. The van der Waals surface area contributed by atoms with Gasteiger partial charge in [0.2, 0.25) is 0 Å². The quantitative estimate of drug-likeness (QED) is 0.0262. The average molecular weight is 942 g/mol. The first-order valence-electron chi connectivity index (χ1n) is 29.5. The van der Waals surface area contributed by atoms with Gasteiger partial charge in [-0.15, -0.1) is 0 Å². The maximum absolute atomic E-state index is 12.8. The highest BCUT2D eigenvalue weighted by atomic mass is 16.6. The zero-order chi connectivity index (χ0) is 48.6. The van der Waals surface area contributed by atoms with Gasteiger partial charge in [-0.1, -0.05) is 263 Å². The minimum atomic E-state index is -0.776. The molecule has 0 aromatic heterocycles. The predicted molar refractivity (Wildman–Crippen MR) is 289 cm³/mol. The molecule has 0 aromatic rings. The minimum Gasteiger partial charge on any atom is -0.462 e. The maximum atomic E-state index is 12.8. The van der Waals surface area contributed by atoms with Gasteiger partial charge in [0.05, 0.1) is 0 Å². The van der Waals surface area contributed by atoms with Crippen molar-refractivity contribution in [2.75, 3.05) is 13.2 Å². The van der Waals surface area contributed by atoms with E-state index in [9.17, 15) is 14.4 Å². The van der Waals surface area contributed by atoms with Crippen LogP contribution in [0.2, 0.25) is 0 Å². The molecule has 0 saturated carbocycles. The van der Waals surface area contributed by atoms with Crippen molar-refractivity contribution in [2.45, 2.75) is 322 Å². The van der Waals surface area contributed by atoms with Crippen LogP contribution >= 0.6 is 0 Å². The van der Waals surface area contributed by atoms with Crippen molar-refractivity contribution >= 4 is 17.9 Å². The zero-order valence-electron chi connectivity index (χ0n) is 44.9. The number of allylic oxidation sites excluding steroid dienone is 6. The van der Waals surface area contributed by atoms with Gasteiger partial charge in [-0.05, 0) is 70.6 Å². The van der Waals surface area contributed by atoms with E-state index in [-0.39, 0.29) is 31.1 Å². The van der Waals surface area contributed by atoms with Crippen LogP contribution in [0.25, 0.3) is 0 Å². The van der Waals surface area contributed by atoms with Gasteiger partial charge >= 0.3 is 17.9 Å². The lowest BCUT2D eigenvalue weighted by Gasteiger charge is -2.18. The number of carbonyl (C=O) groups is 3. The second-order valence-electron chi connectivity index (χ2n) is 19.9. The summed E-state index contributed by atoms with van der Waals surface area (Å²) in [7, 11) is 0. The van der Waals surface area contributed by atoms with Crippen LogP contribution in [-0.4, -0.2) is 37.2 Å². The number of carbonyl (C=O) groups excluding carboxylic acids is 3. The van der Waals surface area contributed by atoms with E-state index in [1.54, 1.807) is 0 Å². The van der Waals surface area contributed by atoms with Gasteiger partial charge in [-0.3, -0.25) is 14.4 Å². The van der Waals surface area contributed by atoms with Crippen molar-refractivity contribution in [1.82, 2.24) is 0 Å². The molecule has 1 unspecified atom stereocenters. The van der Waals surface area contributed by atoms with Crippen LogP contribution in [0.5, 0.6) is 0 Å². The minimum absolute atomic E-state index is 0.0746. The van der Waals surface area contributed by atoms with Gasteiger partial charge in [0.25, 0.3) is 0 Å². The second kappa shape index (κ2) is 56.2. The Hall–Kier alpha value is -2.37. The summed E-state index contributed by atoms with van der Waals surface area (Å²) in [6, 6.07) is 0. The lowest BCUT2D eigenvalue weighted by atomic mass is 10.0. The molecule has 0 fully saturated rings. The predicted octanol–water partition coefficient (Wildman–Crippen LogP) is 19.7. The Morgan fingerprint density at radius 1 is 0.299 bits per heavy atom. The van der Waals surface area contributed by atoms with Gasteiger partial charge in [0, 0.05) is 19.3 Å². The van der Waals surface area contributed by atoms with Gasteiger partial charge in [-0.25, -0.2) is 0 Å². The first kappa shape index (κ1) is 64.6. The summed E-state index contributed by atoms with van der Waals surface area (Å²) in [5, 5.41) is 0. The number of ether oxygens (including phenoxy) is 3. The summed E-state index contributed by atoms with van der Waals surface area (Å²) >= 11 is 0. The Kier molecular flexibility index (Phi) is 54.2. The van der Waals surface area contributed by atoms with E-state index >= 15 is 0 Å². The van der Waals surface area contributed by atoms with Crippen LogP contribution in [0.4, 0.5) is 0 Å². The van der Waals surface area contributed by atoms with Crippen molar-refractivity contribution in [2.24, 2.45) is 0 Å². The molecule has 6 heteroatoms. The van der Waals surface area contributed by atoms with Crippen molar-refractivity contribution in [3.05, 3.63) is 36.5 Å². The molecule has 6 nitrogen and oxygen atoms in total. The van der Waals surface area contributed by atoms with E-state index in [0.29, 0.717) is 19.3 Å². The fourth-order valence-corrected chi connectivity index (χ4v) is 8.65. The van der Waals surface area contributed by atoms with E-state index in [2.05, 4.69) is 57.2 Å². The first-order chi connectivity index (χ1) is 33.0. The lowest BCUT2D eigenvalue weighted by molar-refractivity contribution is -0.167. The van der Waals surface area contributed by atoms with Crippen molar-refractivity contribution in [3.63, 3.8) is 0 Å². The monoisotopic (exact) mass is 941 g/mol. The largest absolute Gasteiger partial charge is 0.462 e. The first-order valence-corrected chi connectivity index (χ1v) is 29.5. The molecule has 0 aliphatic heterocycles. The van der Waals surface area contributed by atoms with Crippen LogP contribution in [0.3, 0.4) is 0 Å². The van der Waals surface area contributed by atoms with Gasteiger partial charge in [-0.2, -0.15) is 0 Å². The molecule has 0 rings (SSSR count). The molecule has 0 N–H and O–H groups in total. The highest BCUT2D eigenvalue weighted by molar-refractivity contribution is 5.71. The third-order valence-corrected chi connectivity index (χ3v) is 13.1. The highest BCUT2D eigenvalue weighted by Crippen LogP contribution is 2.17. The Balaban J connectivity index is 4.23. The fraction of sp³-hybridized carbons (Fsp3) is 0.852. The molecule has 0 amide bonds. The molecule has 0 spiro atoms. The summed E-state index contributed by atoms with van der Waals surface area (Å²) in [6.45, 7) is 6.58. The topological polar surface area (TPSA) is 78.9 Å². The standard InChI is InChI=1S/C61H112O6/c1-4-7-10-13-16-19-22-24-26-28-29-30-31-32-34-35-37-39-42-45-48-51-54-60(63)66-57-58(56-65-59(62)53-50-47-44-41-21-18-15-12-9-6-3)67-61(64)55-52-49-46-43-40-38-36-33-27-25-23-20-17-14-11-8-5-2/h12,15,17,20,25,27,58H,4-11,13-14,16,18-19,21-24,26,28-57H2,1-3H3/b15-12-,20-17-,27-25-. The molecule has 0 aliphatic rings. The molecule has 0 bridgehead atoms. The van der Waals surface area contributed by atoms with Crippen LogP contribution in [-0.2, 0) is 28.6 Å². The molecular weight excluding hydrogens is 829 g/mol. The fourth-order valence-electron chi connectivity index (χ4n) is 8.65. The number of hydrogen-bond acceptors (Lipinski definition) is 6. The number of rotatable bonds is 54. The van der Waals surface area contributed by atoms with E-state index < -0.39 is 6.10 Å². The van der Waals surface area contributed by atoms with E-state index in [4.69, 9.17) is 14.2 Å². The molecule has 0 saturated heterocycles. The van der Waals surface area contributed by atoms with E-state index in [1.807, 2.05) is 0 Å². The molecule has 0 heterocycles. The third-order valence-electron chi connectivity index (χ3n) is 13.1. The third kappa shape index (κ3) is 54.4. The second-order valence-corrected chi connectivity index (χ2v) is 19.9. The molecular formula is C61H112O6. The van der Waals surface area contributed by atoms with Crippen molar-refractivity contribution in [1.29, 1.82) is 0 Å². The van der Waals surface area contributed by atoms with Gasteiger partial charge < -0.3 is 14.2 Å². The molecule has 392 valence electrons. The van der Waals surface area contributed by atoms with Crippen LogP contribution in [0.1, 0.15) is 316 Å². The highest BCUT2D eigenvalue weighted by Gasteiger charge is 2.19. The Morgan fingerprint density at radius 2 is 0.567 bits per heavy atom. The van der Waals surface area contributed by atoms with Crippen molar-refractivity contribution in [3.8, 4) is 0 Å². The molecule has 67 heavy (non-hydrogen) atoms. The zero-order valence-corrected chi connectivity index (χ0v) is 44.9. The number of hydrogen-bond donors (Lipinski definition) is 0. The van der Waals surface area contributed by atoms with Gasteiger partial charge in [0.15, 0.2) is 6.10 Å². The van der Waals surface area contributed by atoms with E-state index in [1.165, 1.54) is 193 Å². The average Bonchev–Trinajstić information content (AvgIpc) is 3.33. The summed E-state index contributed by atoms with van der Waals surface area (Å²) in [5.41, 5.74) is 0. The molecule has 0 radical (unpaired) electrons. The maximum Gasteiger partial charge on any atom is 0.306 e. The Labute approximate surface area is 416 Å². The van der Waals surface area contributed by atoms with Crippen LogP contribution in [0.15, 0.2) is 36.5 Å². The SMILES string of the molecule is CCC/C=C\CCCCCCCC(=O)OCC(COC(=O)CCCCCCCCCCCCCCCCCCCCCCCC)OC(=O)CCCCCCCCC/C=C\C/C=C\CCCCC. The summed E-state index contributed by atoms with van der Waals surface area (Å²) in [6.07, 6.45) is 67.2. The van der Waals surface area contributed by atoms with Crippen molar-refractivity contribution < 1.29 is 28.6 Å². The van der Waals surface area contributed by atoms with Crippen LogP contribution < -0.4 is 0 Å². The number of unbranched alkanes of at least 4 members (excludes halogenated alkanes) is 37. The summed E-state index contributed by atoms with van der Waals surface area (Å²) in [4.78, 5) is 38.1. The number of esters is 3.